The summed E-state index contributed by atoms with van der Waals surface area (Å²) in [6.07, 6.45) is 0. The standard InChI is InChI=1S/C6H11NO2S/c1-4(8)6(3-10)7-5(2)9/h6,8,10H,1,3H2,2H3,(H,7,9)/t6-/m0/s1. The summed E-state index contributed by atoms with van der Waals surface area (Å²) < 4.78 is 0. The van der Waals surface area contributed by atoms with Crippen LogP contribution < -0.4 is 5.32 Å². The second-order valence-electron chi connectivity index (χ2n) is 1.93. The predicted octanol–water partition coefficient (Wildman–Crippen LogP) is 0.493. The molecule has 0 unspecified atom stereocenters. The Kier molecular flexibility index (Phi) is 3.95. The van der Waals surface area contributed by atoms with Crippen LogP contribution in [0.3, 0.4) is 0 Å². The van der Waals surface area contributed by atoms with Crippen molar-refractivity contribution in [1.29, 1.82) is 0 Å². The lowest BCUT2D eigenvalue weighted by Crippen LogP contribution is -2.35. The summed E-state index contributed by atoms with van der Waals surface area (Å²) >= 11 is 3.89. The SMILES string of the molecule is C=C(O)[C@H](CS)NC(C)=O. The highest BCUT2D eigenvalue weighted by Gasteiger charge is 2.09. The molecule has 10 heavy (non-hydrogen) atoms. The van der Waals surface area contributed by atoms with Crippen LogP contribution in [0.4, 0.5) is 0 Å². The first-order valence-electron chi connectivity index (χ1n) is 2.83. The molecule has 0 spiro atoms. The summed E-state index contributed by atoms with van der Waals surface area (Å²) in [7, 11) is 0. The summed E-state index contributed by atoms with van der Waals surface area (Å²) in [5.41, 5.74) is 0. The number of carbonyl (C=O) groups excluding carboxylic acids is 1. The number of aliphatic hydroxyl groups excluding tert-OH is 1. The predicted molar refractivity (Wildman–Crippen MR) is 43.2 cm³/mol. The van der Waals surface area contributed by atoms with E-state index in [1.54, 1.807) is 0 Å². The Morgan fingerprint density at radius 3 is 2.50 bits per heavy atom. The van der Waals surface area contributed by atoms with E-state index >= 15 is 0 Å². The minimum atomic E-state index is -0.430. The molecule has 0 heterocycles. The van der Waals surface area contributed by atoms with Crippen LogP contribution in [0.1, 0.15) is 6.92 Å². The van der Waals surface area contributed by atoms with Gasteiger partial charge >= 0.3 is 0 Å². The third-order valence-corrected chi connectivity index (χ3v) is 1.33. The number of hydrogen-bond donors (Lipinski definition) is 3. The fraction of sp³-hybridized carbons (Fsp3) is 0.500. The van der Waals surface area contributed by atoms with Gasteiger partial charge in [0.25, 0.3) is 0 Å². The van der Waals surface area contributed by atoms with Gasteiger partial charge in [0.15, 0.2) is 0 Å². The van der Waals surface area contributed by atoms with Gasteiger partial charge in [0.1, 0.15) is 5.76 Å². The highest BCUT2D eigenvalue weighted by atomic mass is 32.1. The summed E-state index contributed by atoms with van der Waals surface area (Å²) in [5, 5.41) is 11.3. The maximum absolute atomic E-state index is 10.4. The molecule has 4 heteroatoms. The molecule has 3 nitrogen and oxygen atoms in total. The minimum absolute atomic E-state index is 0.0646. The van der Waals surface area contributed by atoms with Crippen molar-refractivity contribution < 1.29 is 9.90 Å². The van der Waals surface area contributed by atoms with Crippen LogP contribution in [0.2, 0.25) is 0 Å². The molecule has 0 aromatic carbocycles. The molecule has 0 radical (unpaired) electrons. The molecule has 0 aliphatic heterocycles. The molecule has 0 fully saturated rings. The molecule has 0 bridgehead atoms. The van der Waals surface area contributed by atoms with Gasteiger partial charge in [-0.1, -0.05) is 6.58 Å². The third kappa shape index (κ3) is 3.40. The molecule has 0 aromatic heterocycles. The maximum atomic E-state index is 10.4. The summed E-state index contributed by atoms with van der Waals surface area (Å²) in [6.45, 7) is 4.65. The van der Waals surface area contributed by atoms with Crippen LogP contribution in [-0.2, 0) is 4.79 Å². The van der Waals surface area contributed by atoms with Gasteiger partial charge < -0.3 is 10.4 Å². The number of carbonyl (C=O) groups is 1. The molecule has 0 saturated carbocycles. The highest BCUT2D eigenvalue weighted by Crippen LogP contribution is 1.96. The van der Waals surface area contributed by atoms with Crippen molar-refractivity contribution in [3.63, 3.8) is 0 Å². The molecule has 0 saturated heterocycles. The second-order valence-corrected chi connectivity index (χ2v) is 2.29. The number of amides is 1. The normalized spacial score (nSPS) is 12.2. The Hall–Kier alpha value is -0.640. The molecule has 1 atom stereocenters. The molecule has 1 amide bonds. The van der Waals surface area contributed by atoms with Crippen molar-refractivity contribution >= 4 is 18.5 Å². The highest BCUT2D eigenvalue weighted by molar-refractivity contribution is 7.80. The Bertz CT molecular complexity index is 147. The zero-order chi connectivity index (χ0) is 8.15. The van der Waals surface area contributed by atoms with Gasteiger partial charge in [-0.2, -0.15) is 12.6 Å². The lowest BCUT2D eigenvalue weighted by atomic mass is 10.3. The van der Waals surface area contributed by atoms with Gasteiger partial charge in [-0.05, 0) is 0 Å². The lowest BCUT2D eigenvalue weighted by Gasteiger charge is -2.12. The first-order valence-corrected chi connectivity index (χ1v) is 3.47. The number of nitrogens with one attached hydrogen (secondary N) is 1. The van der Waals surface area contributed by atoms with E-state index in [1.807, 2.05) is 0 Å². The van der Waals surface area contributed by atoms with E-state index in [0.717, 1.165) is 0 Å². The molecular weight excluding hydrogens is 150 g/mol. The number of thiol groups is 1. The van der Waals surface area contributed by atoms with Crippen LogP contribution in [0.5, 0.6) is 0 Å². The zero-order valence-corrected chi connectivity index (χ0v) is 6.69. The van der Waals surface area contributed by atoms with E-state index in [1.165, 1.54) is 6.92 Å². The fourth-order valence-corrected chi connectivity index (χ4v) is 0.782. The fourth-order valence-electron chi connectivity index (χ4n) is 0.480. The van der Waals surface area contributed by atoms with Gasteiger partial charge in [-0.25, -0.2) is 0 Å². The van der Waals surface area contributed by atoms with Crippen LogP contribution in [0.25, 0.3) is 0 Å². The Labute approximate surface area is 65.5 Å². The number of aliphatic hydroxyl groups is 1. The quantitative estimate of drug-likeness (QED) is 0.417. The van der Waals surface area contributed by atoms with Crippen molar-refractivity contribution in [3.05, 3.63) is 12.3 Å². The minimum Gasteiger partial charge on any atom is -0.511 e. The van der Waals surface area contributed by atoms with Gasteiger partial charge in [-0.3, -0.25) is 4.79 Å². The molecule has 0 rings (SSSR count). The summed E-state index contributed by atoms with van der Waals surface area (Å²) in [5.74, 6) is 0.0917. The van der Waals surface area contributed by atoms with Crippen LogP contribution in [0.15, 0.2) is 12.3 Å². The molecule has 0 aliphatic rings. The summed E-state index contributed by atoms with van der Waals surface area (Å²) in [4.78, 5) is 10.4. The van der Waals surface area contributed by atoms with Gasteiger partial charge in [0.2, 0.25) is 5.91 Å². The third-order valence-electron chi connectivity index (χ3n) is 0.962. The first kappa shape index (κ1) is 9.36. The van der Waals surface area contributed by atoms with E-state index in [-0.39, 0.29) is 11.7 Å². The second kappa shape index (κ2) is 4.22. The zero-order valence-electron chi connectivity index (χ0n) is 5.79. The number of rotatable bonds is 3. The Morgan fingerprint density at radius 1 is 1.90 bits per heavy atom. The van der Waals surface area contributed by atoms with E-state index in [4.69, 9.17) is 5.11 Å². The van der Waals surface area contributed by atoms with Crippen molar-refractivity contribution in [2.75, 3.05) is 5.75 Å². The largest absolute Gasteiger partial charge is 0.511 e. The van der Waals surface area contributed by atoms with Crippen molar-refractivity contribution in [1.82, 2.24) is 5.32 Å². The van der Waals surface area contributed by atoms with Crippen LogP contribution in [-0.4, -0.2) is 22.8 Å². The molecule has 0 aromatic rings. The van der Waals surface area contributed by atoms with Crippen LogP contribution >= 0.6 is 12.6 Å². The van der Waals surface area contributed by atoms with Crippen molar-refractivity contribution in [3.8, 4) is 0 Å². The van der Waals surface area contributed by atoms with Gasteiger partial charge in [0.05, 0.1) is 6.04 Å². The molecular formula is C6H11NO2S. The van der Waals surface area contributed by atoms with E-state index in [0.29, 0.717) is 5.75 Å². The first-order chi connectivity index (χ1) is 4.57. The Morgan fingerprint density at radius 2 is 2.40 bits per heavy atom. The van der Waals surface area contributed by atoms with E-state index in [9.17, 15) is 4.79 Å². The van der Waals surface area contributed by atoms with E-state index < -0.39 is 6.04 Å². The summed E-state index contributed by atoms with van der Waals surface area (Å²) in [6, 6.07) is -0.430. The maximum Gasteiger partial charge on any atom is 0.217 e. The van der Waals surface area contributed by atoms with Gasteiger partial charge in [0, 0.05) is 12.7 Å². The Balaban J connectivity index is 3.83. The number of hydrogen-bond acceptors (Lipinski definition) is 3. The average Bonchev–Trinajstić information content (AvgIpc) is 1.81. The van der Waals surface area contributed by atoms with E-state index in [2.05, 4.69) is 24.5 Å². The molecule has 58 valence electrons. The lowest BCUT2D eigenvalue weighted by molar-refractivity contribution is -0.119. The van der Waals surface area contributed by atoms with Crippen molar-refractivity contribution in [2.24, 2.45) is 0 Å². The van der Waals surface area contributed by atoms with Gasteiger partial charge in [-0.15, -0.1) is 0 Å². The van der Waals surface area contributed by atoms with Crippen LogP contribution in [0, 0.1) is 0 Å². The monoisotopic (exact) mass is 161 g/mol. The smallest absolute Gasteiger partial charge is 0.217 e. The van der Waals surface area contributed by atoms with Crippen molar-refractivity contribution in [2.45, 2.75) is 13.0 Å². The molecule has 2 N–H and O–H groups in total. The topological polar surface area (TPSA) is 49.3 Å². The average molecular weight is 161 g/mol. The molecule has 0 aliphatic carbocycles.